The maximum atomic E-state index is 13.4. The van der Waals surface area contributed by atoms with Crippen molar-refractivity contribution < 1.29 is 22.7 Å². The molecule has 0 aromatic carbocycles. The maximum absolute atomic E-state index is 13.4. The number of nitrogens with one attached hydrogen (secondary N) is 1. The van der Waals surface area contributed by atoms with Gasteiger partial charge in [0, 0.05) is 31.8 Å². The van der Waals surface area contributed by atoms with E-state index in [1.54, 1.807) is 0 Å². The number of aliphatic hydroxyl groups is 1. The number of halogens is 3. The van der Waals surface area contributed by atoms with E-state index in [0.717, 1.165) is 12.2 Å². The average molecular weight is 357 g/mol. The van der Waals surface area contributed by atoms with Gasteiger partial charge < -0.3 is 19.4 Å². The Bertz CT molecular complexity index is 725. The number of alkyl halides is 3. The van der Waals surface area contributed by atoms with Crippen LogP contribution in [0.2, 0.25) is 0 Å². The molecule has 1 saturated carbocycles. The van der Waals surface area contributed by atoms with Crippen molar-refractivity contribution in [1.82, 2.24) is 14.9 Å². The molecule has 1 aliphatic carbocycles. The molecule has 1 fully saturated rings. The summed E-state index contributed by atoms with van der Waals surface area (Å²) in [6.07, 6.45) is -1.61. The number of furan rings is 1. The van der Waals surface area contributed by atoms with Crippen LogP contribution in [-0.4, -0.2) is 27.4 Å². The molecule has 1 aliphatic rings. The van der Waals surface area contributed by atoms with Gasteiger partial charge in [0.1, 0.15) is 17.3 Å². The van der Waals surface area contributed by atoms with Crippen LogP contribution in [0.1, 0.15) is 43.0 Å². The molecule has 0 bridgehead atoms. The van der Waals surface area contributed by atoms with E-state index in [9.17, 15) is 18.3 Å². The van der Waals surface area contributed by atoms with Crippen LogP contribution in [0.5, 0.6) is 0 Å². The predicted molar refractivity (Wildman–Crippen MR) is 84.7 cm³/mol. The van der Waals surface area contributed by atoms with Crippen LogP contribution in [0.3, 0.4) is 0 Å². The zero-order chi connectivity index (χ0) is 18.2. The first-order valence-corrected chi connectivity index (χ1v) is 8.28. The monoisotopic (exact) mass is 357 g/mol. The average Bonchev–Trinajstić information content (AvgIpc) is 2.93. The van der Waals surface area contributed by atoms with E-state index in [2.05, 4.69) is 17.2 Å². The standard InChI is InChI=1S/C17H22F3N3O2/c1-11-9-13(11)14-4-3-12(25-14)10-21-6-5-16(24,17(18,19)20)15-22-7-8-23(15)2/h3-4,7-8,11,13,21,24H,5-6,9-10H2,1-2H3. The molecule has 2 heterocycles. The summed E-state index contributed by atoms with van der Waals surface area (Å²) in [7, 11) is 1.43. The highest BCUT2D eigenvalue weighted by atomic mass is 19.4. The van der Waals surface area contributed by atoms with Crippen molar-refractivity contribution in [3.63, 3.8) is 0 Å². The molecular formula is C17H22F3N3O2. The van der Waals surface area contributed by atoms with E-state index in [4.69, 9.17) is 4.42 Å². The van der Waals surface area contributed by atoms with Crippen molar-refractivity contribution in [2.45, 2.75) is 44.0 Å². The second-order valence-electron chi connectivity index (χ2n) is 6.77. The normalized spacial score (nSPS) is 22.8. The molecule has 138 valence electrons. The van der Waals surface area contributed by atoms with Crippen LogP contribution >= 0.6 is 0 Å². The quantitative estimate of drug-likeness (QED) is 0.748. The first-order valence-electron chi connectivity index (χ1n) is 8.28. The molecule has 3 atom stereocenters. The van der Waals surface area contributed by atoms with E-state index in [1.165, 1.54) is 24.0 Å². The Balaban J connectivity index is 1.57. The Morgan fingerprint density at radius 1 is 1.40 bits per heavy atom. The van der Waals surface area contributed by atoms with Crippen molar-refractivity contribution >= 4 is 0 Å². The number of aromatic nitrogens is 2. The summed E-state index contributed by atoms with van der Waals surface area (Å²) in [6.45, 7) is 2.44. The highest BCUT2D eigenvalue weighted by Crippen LogP contribution is 2.47. The maximum Gasteiger partial charge on any atom is 0.424 e. The van der Waals surface area contributed by atoms with E-state index in [1.807, 2.05) is 12.1 Å². The molecule has 5 nitrogen and oxygen atoms in total. The van der Waals surface area contributed by atoms with Gasteiger partial charge in [-0.25, -0.2) is 4.98 Å². The summed E-state index contributed by atoms with van der Waals surface area (Å²) < 4.78 is 47.0. The summed E-state index contributed by atoms with van der Waals surface area (Å²) in [5.41, 5.74) is -2.99. The van der Waals surface area contributed by atoms with E-state index in [-0.39, 0.29) is 6.54 Å². The number of rotatable bonds is 7. The minimum Gasteiger partial charge on any atom is -0.464 e. The van der Waals surface area contributed by atoms with Crippen LogP contribution in [0.4, 0.5) is 13.2 Å². The van der Waals surface area contributed by atoms with Crippen molar-refractivity contribution in [2.75, 3.05) is 6.54 Å². The van der Waals surface area contributed by atoms with Crippen molar-refractivity contribution in [3.8, 4) is 0 Å². The Labute approximate surface area is 143 Å². The first-order chi connectivity index (χ1) is 11.7. The fourth-order valence-corrected chi connectivity index (χ4v) is 3.03. The lowest BCUT2D eigenvalue weighted by Gasteiger charge is -2.30. The number of hydrogen-bond acceptors (Lipinski definition) is 4. The molecule has 2 aromatic rings. The van der Waals surface area contributed by atoms with Crippen molar-refractivity contribution in [2.24, 2.45) is 13.0 Å². The van der Waals surface area contributed by atoms with Crippen LogP contribution < -0.4 is 5.32 Å². The van der Waals surface area contributed by atoms with Crippen LogP contribution in [0.25, 0.3) is 0 Å². The van der Waals surface area contributed by atoms with E-state index >= 15 is 0 Å². The molecule has 0 amide bonds. The lowest BCUT2D eigenvalue weighted by Crippen LogP contribution is -2.46. The van der Waals surface area contributed by atoms with Gasteiger partial charge in [0.2, 0.25) is 5.60 Å². The summed E-state index contributed by atoms with van der Waals surface area (Å²) in [6, 6.07) is 3.76. The van der Waals surface area contributed by atoms with Crippen molar-refractivity contribution in [1.29, 1.82) is 0 Å². The SMILES string of the molecule is CC1CC1c1ccc(CNCCC(O)(c2nccn2C)C(F)(F)F)o1. The smallest absolute Gasteiger partial charge is 0.424 e. The summed E-state index contributed by atoms with van der Waals surface area (Å²) >= 11 is 0. The fourth-order valence-electron chi connectivity index (χ4n) is 3.03. The molecule has 25 heavy (non-hydrogen) atoms. The third-order valence-corrected chi connectivity index (χ3v) is 4.78. The number of hydrogen-bond donors (Lipinski definition) is 2. The molecule has 2 N–H and O–H groups in total. The Kier molecular flexibility index (Phi) is 4.68. The van der Waals surface area contributed by atoms with Gasteiger partial charge in [-0.2, -0.15) is 13.2 Å². The highest BCUT2D eigenvalue weighted by Gasteiger charge is 2.57. The van der Waals surface area contributed by atoms with Crippen LogP contribution in [0.15, 0.2) is 28.9 Å². The van der Waals surface area contributed by atoms with Gasteiger partial charge in [-0.15, -0.1) is 0 Å². The fraction of sp³-hybridized carbons (Fsp3) is 0.588. The summed E-state index contributed by atoms with van der Waals surface area (Å²) in [5.74, 6) is 2.30. The molecular weight excluding hydrogens is 335 g/mol. The molecule has 3 unspecified atom stereocenters. The first kappa shape index (κ1) is 18.0. The Morgan fingerprint density at radius 3 is 2.68 bits per heavy atom. The Hall–Kier alpha value is -1.80. The second kappa shape index (κ2) is 6.49. The molecule has 3 rings (SSSR count). The zero-order valence-corrected chi connectivity index (χ0v) is 14.2. The largest absolute Gasteiger partial charge is 0.464 e. The van der Waals surface area contributed by atoms with E-state index in [0.29, 0.717) is 24.1 Å². The predicted octanol–water partition coefficient (Wildman–Crippen LogP) is 3.07. The van der Waals surface area contributed by atoms with Gasteiger partial charge in [0.15, 0.2) is 0 Å². The summed E-state index contributed by atoms with van der Waals surface area (Å²) in [4.78, 5) is 3.67. The molecule has 0 radical (unpaired) electrons. The highest BCUT2D eigenvalue weighted by molar-refractivity contribution is 5.17. The van der Waals surface area contributed by atoms with Gasteiger partial charge in [0.05, 0.1) is 6.54 Å². The minimum absolute atomic E-state index is 0.0290. The number of nitrogens with zero attached hydrogens (tertiary/aromatic N) is 2. The zero-order valence-electron chi connectivity index (χ0n) is 14.2. The van der Waals surface area contributed by atoms with Gasteiger partial charge >= 0.3 is 6.18 Å². The lowest BCUT2D eigenvalue weighted by molar-refractivity contribution is -0.272. The van der Waals surface area contributed by atoms with Gasteiger partial charge in [0.25, 0.3) is 0 Å². The molecule has 0 saturated heterocycles. The van der Waals surface area contributed by atoms with Crippen LogP contribution in [0, 0.1) is 5.92 Å². The van der Waals surface area contributed by atoms with Gasteiger partial charge in [-0.1, -0.05) is 6.92 Å². The van der Waals surface area contributed by atoms with Gasteiger partial charge in [-0.05, 0) is 31.0 Å². The molecule has 8 heteroatoms. The molecule has 2 aromatic heterocycles. The number of imidazole rings is 1. The topological polar surface area (TPSA) is 63.2 Å². The van der Waals surface area contributed by atoms with E-state index < -0.39 is 24.0 Å². The lowest BCUT2D eigenvalue weighted by atomic mass is 9.97. The molecule has 0 aliphatic heterocycles. The minimum atomic E-state index is -4.81. The Morgan fingerprint density at radius 2 is 2.12 bits per heavy atom. The third kappa shape index (κ3) is 3.59. The molecule has 0 spiro atoms. The third-order valence-electron chi connectivity index (χ3n) is 4.78. The van der Waals surface area contributed by atoms with Gasteiger partial charge in [-0.3, -0.25) is 0 Å². The second-order valence-corrected chi connectivity index (χ2v) is 6.77. The van der Waals surface area contributed by atoms with Crippen LogP contribution in [-0.2, 0) is 19.2 Å². The number of aryl methyl sites for hydroxylation is 1. The van der Waals surface area contributed by atoms with Crippen molar-refractivity contribution in [3.05, 3.63) is 41.9 Å². The summed E-state index contributed by atoms with van der Waals surface area (Å²) in [5, 5.41) is 13.1.